The Morgan fingerprint density at radius 2 is 2.15 bits per heavy atom. The third-order valence-electron chi connectivity index (χ3n) is 1.52. The van der Waals surface area contributed by atoms with Crippen molar-refractivity contribution in [2.24, 2.45) is 0 Å². The molecule has 1 rings (SSSR count). The van der Waals surface area contributed by atoms with E-state index < -0.39 is 11.5 Å². The van der Waals surface area contributed by atoms with E-state index in [-0.39, 0.29) is 11.3 Å². The minimum absolute atomic E-state index is 0.0330. The summed E-state index contributed by atoms with van der Waals surface area (Å²) in [6.45, 7) is 0. The molecule has 0 fully saturated rings. The number of hydrogen-bond donors (Lipinski definition) is 1. The second-order valence-corrected chi connectivity index (χ2v) is 2.25. The van der Waals surface area contributed by atoms with E-state index in [9.17, 15) is 9.59 Å². The Morgan fingerprint density at radius 1 is 1.46 bits per heavy atom. The van der Waals surface area contributed by atoms with Crippen molar-refractivity contribution in [1.29, 1.82) is 0 Å². The standard InChI is InChI=1S/C8H9NO4/c1-12-6-5(8(11)13-2)3-4-9-7(6)10/h3-4H,1-2H3,(H,9,10). The highest BCUT2D eigenvalue weighted by Gasteiger charge is 2.14. The predicted octanol–water partition coefficient (Wildman–Crippen LogP) is 0.170. The lowest BCUT2D eigenvalue weighted by molar-refractivity contribution is 0.0596. The average molecular weight is 183 g/mol. The number of H-pyrrole nitrogens is 1. The van der Waals surface area contributed by atoms with Crippen LogP contribution in [0.15, 0.2) is 17.1 Å². The fourth-order valence-corrected chi connectivity index (χ4v) is 0.938. The van der Waals surface area contributed by atoms with Crippen LogP contribution < -0.4 is 10.3 Å². The van der Waals surface area contributed by atoms with Gasteiger partial charge in [0.15, 0.2) is 5.75 Å². The highest BCUT2D eigenvalue weighted by molar-refractivity contribution is 5.92. The molecular formula is C8H9NO4. The quantitative estimate of drug-likeness (QED) is 0.663. The lowest BCUT2D eigenvalue weighted by Gasteiger charge is -2.03. The summed E-state index contributed by atoms with van der Waals surface area (Å²) in [5.41, 5.74) is -0.334. The molecule has 0 spiro atoms. The zero-order valence-corrected chi connectivity index (χ0v) is 7.29. The molecule has 0 saturated carbocycles. The molecule has 0 bridgehead atoms. The first kappa shape index (κ1) is 9.31. The Morgan fingerprint density at radius 3 is 2.69 bits per heavy atom. The van der Waals surface area contributed by atoms with Gasteiger partial charge in [-0.25, -0.2) is 4.79 Å². The third kappa shape index (κ3) is 1.69. The van der Waals surface area contributed by atoms with E-state index in [0.717, 1.165) is 0 Å². The summed E-state index contributed by atoms with van der Waals surface area (Å²) in [5, 5.41) is 0. The lowest BCUT2D eigenvalue weighted by atomic mass is 10.2. The smallest absolute Gasteiger partial charge is 0.341 e. The maximum atomic E-state index is 11.1. The first-order valence-corrected chi connectivity index (χ1v) is 3.54. The van der Waals surface area contributed by atoms with Gasteiger partial charge in [-0.3, -0.25) is 4.79 Å². The number of carbonyl (C=O) groups excluding carboxylic acids is 1. The van der Waals surface area contributed by atoms with E-state index in [4.69, 9.17) is 4.74 Å². The normalized spacial score (nSPS) is 9.38. The van der Waals surface area contributed by atoms with Crippen LogP contribution in [0.5, 0.6) is 5.75 Å². The molecule has 1 N–H and O–H groups in total. The number of hydrogen-bond acceptors (Lipinski definition) is 4. The maximum absolute atomic E-state index is 11.1. The van der Waals surface area contributed by atoms with Gasteiger partial charge in [0.2, 0.25) is 0 Å². The highest BCUT2D eigenvalue weighted by atomic mass is 16.5. The summed E-state index contributed by atoms with van der Waals surface area (Å²) >= 11 is 0. The molecule has 13 heavy (non-hydrogen) atoms. The van der Waals surface area contributed by atoms with Crippen LogP contribution in [-0.2, 0) is 4.74 Å². The van der Waals surface area contributed by atoms with E-state index >= 15 is 0 Å². The van der Waals surface area contributed by atoms with Crippen LogP contribution in [0.4, 0.5) is 0 Å². The van der Waals surface area contributed by atoms with Gasteiger partial charge < -0.3 is 14.5 Å². The fourth-order valence-electron chi connectivity index (χ4n) is 0.938. The van der Waals surface area contributed by atoms with E-state index in [0.29, 0.717) is 0 Å². The van der Waals surface area contributed by atoms with Gasteiger partial charge >= 0.3 is 5.97 Å². The number of nitrogens with one attached hydrogen (secondary N) is 1. The monoisotopic (exact) mass is 183 g/mol. The number of aromatic amines is 1. The minimum atomic E-state index is -0.594. The molecule has 1 aromatic heterocycles. The fraction of sp³-hybridized carbons (Fsp3) is 0.250. The summed E-state index contributed by atoms with van der Waals surface area (Å²) in [6.07, 6.45) is 1.36. The maximum Gasteiger partial charge on any atom is 0.341 e. The largest absolute Gasteiger partial charge is 0.490 e. The number of pyridine rings is 1. The minimum Gasteiger partial charge on any atom is -0.490 e. The van der Waals surface area contributed by atoms with Gasteiger partial charge in [0.05, 0.1) is 14.2 Å². The Balaban J connectivity index is 3.28. The highest BCUT2D eigenvalue weighted by Crippen LogP contribution is 2.11. The molecule has 0 saturated heterocycles. The zero-order chi connectivity index (χ0) is 9.84. The van der Waals surface area contributed by atoms with Crippen molar-refractivity contribution in [2.75, 3.05) is 14.2 Å². The van der Waals surface area contributed by atoms with Crippen molar-refractivity contribution < 1.29 is 14.3 Å². The van der Waals surface area contributed by atoms with Crippen LogP contribution in [0, 0.1) is 0 Å². The number of carbonyl (C=O) groups is 1. The van der Waals surface area contributed by atoms with E-state index in [1.165, 1.54) is 26.5 Å². The molecule has 0 aromatic carbocycles. The van der Waals surface area contributed by atoms with Crippen LogP contribution in [0.1, 0.15) is 10.4 Å². The van der Waals surface area contributed by atoms with Crippen molar-refractivity contribution in [2.45, 2.75) is 0 Å². The first-order chi connectivity index (χ1) is 6.20. The first-order valence-electron chi connectivity index (χ1n) is 3.54. The lowest BCUT2D eigenvalue weighted by Crippen LogP contribution is -2.14. The summed E-state index contributed by atoms with van der Waals surface area (Å²) in [4.78, 5) is 24.6. The molecule has 0 aliphatic carbocycles. The van der Waals surface area contributed by atoms with Crippen LogP contribution in [0.2, 0.25) is 0 Å². The zero-order valence-electron chi connectivity index (χ0n) is 7.29. The van der Waals surface area contributed by atoms with Crippen LogP contribution in [-0.4, -0.2) is 25.2 Å². The molecule has 70 valence electrons. The van der Waals surface area contributed by atoms with Crippen molar-refractivity contribution in [3.05, 3.63) is 28.2 Å². The summed E-state index contributed by atoms with van der Waals surface area (Å²) < 4.78 is 9.22. The molecule has 1 heterocycles. The van der Waals surface area contributed by atoms with E-state index in [1.807, 2.05) is 0 Å². The molecule has 5 heteroatoms. The SMILES string of the molecule is COC(=O)c1cc[nH]c(=O)c1OC. The number of aromatic nitrogens is 1. The van der Waals surface area contributed by atoms with Gasteiger partial charge in [-0.2, -0.15) is 0 Å². The van der Waals surface area contributed by atoms with Crippen molar-refractivity contribution in [3.8, 4) is 5.75 Å². The summed E-state index contributed by atoms with van der Waals surface area (Å²) in [5.74, 6) is -0.627. The Labute approximate surface area is 74.3 Å². The van der Waals surface area contributed by atoms with Gasteiger partial charge in [0.25, 0.3) is 5.56 Å². The van der Waals surface area contributed by atoms with Gasteiger partial charge in [-0.1, -0.05) is 0 Å². The van der Waals surface area contributed by atoms with Crippen LogP contribution >= 0.6 is 0 Å². The van der Waals surface area contributed by atoms with Crippen molar-refractivity contribution >= 4 is 5.97 Å². The topological polar surface area (TPSA) is 68.4 Å². The number of ether oxygens (including phenoxy) is 2. The number of rotatable bonds is 2. The summed E-state index contributed by atoms with van der Waals surface area (Å²) in [7, 11) is 2.56. The van der Waals surface area contributed by atoms with E-state index in [1.54, 1.807) is 0 Å². The average Bonchev–Trinajstić information content (AvgIpc) is 2.16. The molecule has 5 nitrogen and oxygen atoms in total. The number of esters is 1. The van der Waals surface area contributed by atoms with Gasteiger partial charge in [-0.15, -0.1) is 0 Å². The number of methoxy groups -OCH3 is 2. The van der Waals surface area contributed by atoms with Gasteiger partial charge in [0, 0.05) is 6.20 Å². The molecule has 1 aromatic rings. The summed E-state index contributed by atoms with van der Waals surface area (Å²) in [6, 6.07) is 1.42. The predicted molar refractivity (Wildman–Crippen MR) is 45.0 cm³/mol. The molecular weight excluding hydrogens is 174 g/mol. The second-order valence-electron chi connectivity index (χ2n) is 2.25. The molecule has 0 aliphatic heterocycles. The van der Waals surface area contributed by atoms with Gasteiger partial charge in [0.1, 0.15) is 5.56 Å². The van der Waals surface area contributed by atoms with Crippen molar-refractivity contribution in [1.82, 2.24) is 4.98 Å². The molecule has 0 radical (unpaired) electrons. The van der Waals surface area contributed by atoms with E-state index in [2.05, 4.69) is 9.72 Å². The van der Waals surface area contributed by atoms with Crippen LogP contribution in [0.25, 0.3) is 0 Å². The molecule has 0 amide bonds. The Hall–Kier alpha value is -1.78. The Kier molecular flexibility index (Phi) is 2.69. The molecule has 0 aliphatic rings. The van der Waals surface area contributed by atoms with Crippen molar-refractivity contribution in [3.63, 3.8) is 0 Å². The Bertz CT molecular complexity index is 369. The van der Waals surface area contributed by atoms with Crippen LogP contribution in [0.3, 0.4) is 0 Å². The van der Waals surface area contributed by atoms with Gasteiger partial charge in [-0.05, 0) is 6.07 Å². The molecule has 0 atom stereocenters. The molecule has 0 unspecified atom stereocenters. The third-order valence-corrected chi connectivity index (χ3v) is 1.52. The second kappa shape index (κ2) is 3.75.